The molecular formula is C16H20N2O2. The standard InChI is InChI=1S/C16H20N2O2/c1-16(15(19)20)7-4-8-18(11-16)10-12-9-17-14-6-3-2-5-13(12)14/h2-3,5-6,9,17H,4,7-8,10-11H2,1H3,(H,19,20). The summed E-state index contributed by atoms with van der Waals surface area (Å²) in [6.07, 6.45) is 3.76. The Hall–Kier alpha value is -1.81. The van der Waals surface area contributed by atoms with Gasteiger partial charge in [-0.2, -0.15) is 0 Å². The fraction of sp³-hybridized carbons (Fsp3) is 0.438. The predicted octanol–water partition coefficient (Wildman–Crippen LogP) is 2.85. The van der Waals surface area contributed by atoms with Gasteiger partial charge in [-0.1, -0.05) is 18.2 Å². The topological polar surface area (TPSA) is 56.3 Å². The number of nitrogens with zero attached hydrogens (tertiary/aromatic N) is 1. The molecule has 1 aliphatic heterocycles. The molecule has 2 heterocycles. The second kappa shape index (κ2) is 4.94. The molecule has 0 radical (unpaired) electrons. The van der Waals surface area contributed by atoms with Crippen LogP contribution in [0.15, 0.2) is 30.5 Å². The third-order valence-electron chi connectivity index (χ3n) is 4.36. The third-order valence-corrected chi connectivity index (χ3v) is 4.36. The number of carboxylic acid groups (broad SMARTS) is 1. The van der Waals surface area contributed by atoms with Gasteiger partial charge in [0.25, 0.3) is 0 Å². The zero-order chi connectivity index (χ0) is 14.2. The van der Waals surface area contributed by atoms with Crippen LogP contribution in [0.25, 0.3) is 10.9 Å². The van der Waals surface area contributed by atoms with E-state index in [1.807, 2.05) is 25.3 Å². The van der Waals surface area contributed by atoms with E-state index in [0.29, 0.717) is 6.54 Å². The normalized spacial score (nSPS) is 24.1. The van der Waals surface area contributed by atoms with Crippen LogP contribution in [-0.2, 0) is 11.3 Å². The number of hydrogen-bond donors (Lipinski definition) is 2. The van der Waals surface area contributed by atoms with Crippen LogP contribution in [0.3, 0.4) is 0 Å². The molecule has 1 aromatic carbocycles. The van der Waals surface area contributed by atoms with Gasteiger partial charge in [0.1, 0.15) is 0 Å². The molecule has 1 atom stereocenters. The largest absolute Gasteiger partial charge is 0.481 e. The van der Waals surface area contributed by atoms with Gasteiger partial charge in [0.15, 0.2) is 0 Å². The maximum Gasteiger partial charge on any atom is 0.310 e. The van der Waals surface area contributed by atoms with Gasteiger partial charge < -0.3 is 10.1 Å². The summed E-state index contributed by atoms with van der Waals surface area (Å²) in [4.78, 5) is 16.9. The average Bonchev–Trinajstić information content (AvgIpc) is 2.82. The van der Waals surface area contributed by atoms with Gasteiger partial charge in [0.05, 0.1) is 5.41 Å². The van der Waals surface area contributed by atoms with E-state index in [-0.39, 0.29) is 0 Å². The minimum absolute atomic E-state index is 0.607. The van der Waals surface area contributed by atoms with Crippen molar-refractivity contribution in [1.29, 1.82) is 0 Å². The molecule has 4 heteroatoms. The number of rotatable bonds is 3. The summed E-state index contributed by atoms with van der Waals surface area (Å²) in [6, 6.07) is 8.24. The zero-order valence-corrected chi connectivity index (χ0v) is 11.7. The molecule has 3 rings (SSSR count). The van der Waals surface area contributed by atoms with Gasteiger partial charge in [0, 0.05) is 30.2 Å². The minimum Gasteiger partial charge on any atom is -0.481 e. The number of para-hydroxylation sites is 1. The van der Waals surface area contributed by atoms with Crippen molar-refractivity contribution in [1.82, 2.24) is 9.88 Å². The Balaban J connectivity index is 1.79. The molecule has 0 amide bonds. The number of hydrogen-bond acceptors (Lipinski definition) is 2. The van der Waals surface area contributed by atoms with Gasteiger partial charge in [-0.05, 0) is 37.9 Å². The van der Waals surface area contributed by atoms with Gasteiger partial charge in [-0.25, -0.2) is 0 Å². The van der Waals surface area contributed by atoms with E-state index in [0.717, 1.165) is 31.4 Å². The Bertz CT molecular complexity index is 634. The molecule has 0 saturated carbocycles. The summed E-state index contributed by atoms with van der Waals surface area (Å²) in [5.41, 5.74) is 1.78. The molecule has 2 N–H and O–H groups in total. The molecule has 1 aromatic heterocycles. The van der Waals surface area contributed by atoms with Crippen molar-refractivity contribution in [2.45, 2.75) is 26.3 Å². The van der Waals surface area contributed by atoms with E-state index in [1.54, 1.807) is 0 Å². The lowest BCUT2D eigenvalue weighted by atomic mass is 9.82. The second-order valence-corrected chi connectivity index (χ2v) is 6.04. The third kappa shape index (κ3) is 2.31. The monoisotopic (exact) mass is 272 g/mol. The van der Waals surface area contributed by atoms with Crippen molar-refractivity contribution in [3.8, 4) is 0 Å². The fourth-order valence-electron chi connectivity index (χ4n) is 3.16. The molecule has 1 unspecified atom stereocenters. The van der Waals surface area contributed by atoms with E-state index in [1.165, 1.54) is 10.9 Å². The van der Waals surface area contributed by atoms with E-state index < -0.39 is 11.4 Å². The first kappa shape index (κ1) is 13.2. The van der Waals surface area contributed by atoms with Crippen LogP contribution < -0.4 is 0 Å². The number of fused-ring (bicyclic) bond motifs is 1. The van der Waals surface area contributed by atoms with Gasteiger partial charge in [-0.3, -0.25) is 9.69 Å². The Morgan fingerprint density at radius 1 is 1.45 bits per heavy atom. The van der Waals surface area contributed by atoms with Crippen LogP contribution >= 0.6 is 0 Å². The summed E-state index contributed by atoms with van der Waals surface area (Å²) in [5, 5.41) is 10.6. The number of carboxylic acids is 1. The van der Waals surface area contributed by atoms with Crippen LogP contribution in [0.1, 0.15) is 25.3 Å². The first-order valence-corrected chi connectivity index (χ1v) is 7.09. The van der Waals surface area contributed by atoms with E-state index in [4.69, 9.17) is 0 Å². The van der Waals surface area contributed by atoms with E-state index in [2.05, 4.69) is 22.0 Å². The zero-order valence-electron chi connectivity index (χ0n) is 11.7. The molecule has 1 aliphatic rings. The number of aliphatic carboxylic acids is 1. The molecule has 1 fully saturated rings. The van der Waals surface area contributed by atoms with Crippen molar-refractivity contribution in [3.63, 3.8) is 0 Å². The van der Waals surface area contributed by atoms with Crippen molar-refractivity contribution in [2.24, 2.45) is 5.41 Å². The molecule has 0 spiro atoms. The minimum atomic E-state index is -0.680. The highest BCUT2D eigenvalue weighted by molar-refractivity contribution is 5.83. The van der Waals surface area contributed by atoms with Crippen LogP contribution in [0.5, 0.6) is 0 Å². The number of aromatic nitrogens is 1. The number of piperidine rings is 1. The van der Waals surface area contributed by atoms with E-state index in [9.17, 15) is 9.90 Å². The number of nitrogens with one attached hydrogen (secondary N) is 1. The maximum atomic E-state index is 11.4. The van der Waals surface area contributed by atoms with Crippen LogP contribution in [-0.4, -0.2) is 34.0 Å². The fourth-order valence-corrected chi connectivity index (χ4v) is 3.16. The molecule has 0 bridgehead atoms. The number of H-pyrrole nitrogens is 1. The molecule has 4 nitrogen and oxygen atoms in total. The number of benzene rings is 1. The summed E-state index contributed by atoms with van der Waals surface area (Å²) in [7, 11) is 0. The molecule has 0 aliphatic carbocycles. The molecular weight excluding hydrogens is 252 g/mol. The smallest absolute Gasteiger partial charge is 0.310 e. The van der Waals surface area contributed by atoms with Gasteiger partial charge >= 0.3 is 5.97 Å². The summed E-state index contributed by atoms with van der Waals surface area (Å²) < 4.78 is 0. The quantitative estimate of drug-likeness (QED) is 0.903. The second-order valence-electron chi connectivity index (χ2n) is 6.04. The first-order valence-electron chi connectivity index (χ1n) is 7.09. The lowest BCUT2D eigenvalue weighted by Gasteiger charge is -2.37. The number of aromatic amines is 1. The van der Waals surface area contributed by atoms with Gasteiger partial charge in [-0.15, -0.1) is 0 Å². The SMILES string of the molecule is CC1(C(=O)O)CCCN(Cc2c[nH]c3ccccc23)C1. The first-order chi connectivity index (χ1) is 9.58. The summed E-state index contributed by atoms with van der Waals surface area (Å²) in [5.74, 6) is -0.680. The predicted molar refractivity (Wildman–Crippen MR) is 78.6 cm³/mol. The van der Waals surface area contributed by atoms with Crippen molar-refractivity contribution < 1.29 is 9.90 Å². The van der Waals surface area contributed by atoms with Crippen molar-refractivity contribution in [2.75, 3.05) is 13.1 Å². The molecule has 1 saturated heterocycles. The molecule has 106 valence electrons. The number of likely N-dealkylation sites (tertiary alicyclic amines) is 1. The van der Waals surface area contributed by atoms with E-state index >= 15 is 0 Å². The molecule has 20 heavy (non-hydrogen) atoms. The van der Waals surface area contributed by atoms with Crippen molar-refractivity contribution in [3.05, 3.63) is 36.0 Å². The van der Waals surface area contributed by atoms with Crippen LogP contribution in [0.4, 0.5) is 0 Å². The Labute approximate surface area is 118 Å². The van der Waals surface area contributed by atoms with Crippen molar-refractivity contribution >= 4 is 16.9 Å². The maximum absolute atomic E-state index is 11.4. The van der Waals surface area contributed by atoms with Gasteiger partial charge in [0.2, 0.25) is 0 Å². The lowest BCUT2D eigenvalue weighted by Crippen LogP contribution is -2.45. The average molecular weight is 272 g/mol. The van der Waals surface area contributed by atoms with Crippen LogP contribution in [0, 0.1) is 5.41 Å². The summed E-state index contributed by atoms with van der Waals surface area (Å²) >= 11 is 0. The summed E-state index contributed by atoms with van der Waals surface area (Å²) in [6.45, 7) is 4.27. The Kier molecular flexibility index (Phi) is 3.26. The molecule has 2 aromatic rings. The highest BCUT2D eigenvalue weighted by Gasteiger charge is 2.37. The highest BCUT2D eigenvalue weighted by atomic mass is 16.4. The Morgan fingerprint density at radius 2 is 2.25 bits per heavy atom. The lowest BCUT2D eigenvalue weighted by molar-refractivity contribution is -0.151. The highest BCUT2D eigenvalue weighted by Crippen LogP contribution is 2.31. The van der Waals surface area contributed by atoms with Crippen LogP contribution in [0.2, 0.25) is 0 Å². The Morgan fingerprint density at radius 3 is 3.05 bits per heavy atom. The number of carbonyl (C=O) groups is 1.